The molecular weight excluding hydrogens is 302 g/mol. The van der Waals surface area contributed by atoms with Gasteiger partial charge in [-0.3, -0.25) is 4.79 Å². The zero-order chi connectivity index (χ0) is 15.6. The smallest absolute Gasteiger partial charge is 0.211 e. The van der Waals surface area contributed by atoms with Gasteiger partial charge in [0.25, 0.3) is 0 Å². The van der Waals surface area contributed by atoms with Crippen LogP contribution >= 0.6 is 22.9 Å². The Balaban J connectivity index is 2.63. The van der Waals surface area contributed by atoms with Crippen molar-refractivity contribution in [1.29, 1.82) is 0 Å². The van der Waals surface area contributed by atoms with Crippen LogP contribution in [0.25, 0.3) is 10.1 Å². The number of anilines is 1. The molecule has 2 atom stereocenters. The fourth-order valence-electron chi connectivity index (χ4n) is 2.57. The molecule has 2 aromatic rings. The topological polar surface area (TPSA) is 20.3 Å². The molecule has 0 fully saturated rings. The highest BCUT2D eigenvalue weighted by atomic mass is 35.5. The third-order valence-corrected chi connectivity index (χ3v) is 5.31. The average molecular weight is 324 g/mol. The van der Waals surface area contributed by atoms with Gasteiger partial charge in [-0.05, 0) is 44.9 Å². The first-order valence-electron chi connectivity index (χ1n) is 7.49. The number of rotatable bonds is 5. The summed E-state index contributed by atoms with van der Waals surface area (Å²) < 4.78 is 0.987. The van der Waals surface area contributed by atoms with E-state index in [0.29, 0.717) is 17.1 Å². The first-order chi connectivity index (χ1) is 9.99. The van der Waals surface area contributed by atoms with E-state index in [1.54, 1.807) is 17.4 Å². The second-order valence-electron chi connectivity index (χ2n) is 5.51. The highest BCUT2D eigenvalue weighted by molar-refractivity contribution is 7.16. The fourth-order valence-corrected chi connectivity index (χ4v) is 3.64. The van der Waals surface area contributed by atoms with Crippen LogP contribution in [-0.4, -0.2) is 12.1 Å². The molecule has 0 N–H and O–H groups in total. The molecule has 2 nitrogen and oxygen atoms in total. The highest BCUT2D eigenvalue weighted by Crippen LogP contribution is 2.27. The summed E-state index contributed by atoms with van der Waals surface area (Å²) in [6.45, 7) is 8.68. The van der Waals surface area contributed by atoms with Gasteiger partial charge in [0, 0.05) is 32.6 Å². The van der Waals surface area contributed by atoms with Gasteiger partial charge in [-0.25, -0.2) is 0 Å². The minimum Gasteiger partial charge on any atom is -0.362 e. The van der Waals surface area contributed by atoms with Crippen molar-refractivity contribution in [2.45, 2.75) is 52.6 Å². The maximum absolute atomic E-state index is 12.9. The quantitative estimate of drug-likeness (QED) is 0.742. The lowest BCUT2D eigenvalue weighted by Crippen LogP contribution is -2.42. The Kier molecular flexibility index (Phi) is 5.28. The molecule has 0 spiro atoms. The Morgan fingerprint density at radius 3 is 2.38 bits per heavy atom. The number of hydrogen-bond acceptors (Lipinski definition) is 3. The maximum atomic E-state index is 12.9. The van der Waals surface area contributed by atoms with Crippen molar-refractivity contribution in [3.05, 3.63) is 38.8 Å². The number of hydrogen-bond donors (Lipinski definition) is 0. The summed E-state index contributed by atoms with van der Waals surface area (Å²) in [5, 5.41) is 3.33. The van der Waals surface area contributed by atoms with Crippen LogP contribution in [-0.2, 0) is 0 Å². The zero-order valence-corrected chi connectivity index (χ0v) is 14.6. The Hall–Kier alpha value is -1.06. The largest absolute Gasteiger partial charge is 0.362 e. The fraction of sp³-hybridized carbons (Fsp3) is 0.471. The van der Waals surface area contributed by atoms with E-state index in [9.17, 15) is 4.79 Å². The van der Waals surface area contributed by atoms with Gasteiger partial charge < -0.3 is 4.90 Å². The molecule has 0 aliphatic rings. The molecule has 1 aromatic heterocycles. The van der Waals surface area contributed by atoms with Gasteiger partial charge in [0.05, 0.1) is 5.69 Å². The summed E-state index contributed by atoms with van der Waals surface area (Å²) in [4.78, 5) is 15.1. The predicted octanol–water partition coefficient (Wildman–Crippen LogP) is 5.32. The van der Waals surface area contributed by atoms with Crippen LogP contribution < -0.4 is 10.3 Å². The molecule has 21 heavy (non-hydrogen) atoms. The van der Waals surface area contributed by atoms with E-state index in [2.05, 4.69) is 32.6 Å². The van der Waals surface area contributed by atoms with Crippen molar-refractivity contribution in [2.75, 3.05) is 4.90 Å². The summed E-state index contributed by atoms with van der Waals surface area (Å²) in [6.07, 6.45) is 2.03. The van der Waals surface area contributed by atoms with Gasteiger partial charge in [-0.15, -0.1) is 11.3 Å². The van der Waals surface area contributed by atoms with Gasteiger partial charge in [0.15, 0.2) is 0 Å². The van der Waals surface area contributed by atoms with Crippen LogP contribution in [0.2, 0.25) is 5.02 Å². The van der Waals surface area contributed by atoms with Crippen LogP contribution in [0.15, 0.2) is 28.4 Å². The molecule has 0 saturated carbocycles. The summed E-state index contributed by atoms with van der Waals surface area (Å²) >= 11 is 7.66. The van der Waals surface area contributed by atoms with Gasteiger partial charge >= 0.3 is 0 Å². The van der Waals surface area contributed by atoms with Crippen LogP contribution in [0.5, 0.6) is 0 Å². The van der Waals surface area contributed by atoms with Gasteiger partial charge in [0.2, 0.25) is 5.43 Å². The molecule has 2 rings (SSSR count). The van der Waals surface area contributed by atoms with Crippen LogP contribution in [0.3, 0.4) is 0 Å². The second kappa shape index (κ2) is 6.80. The van der Waals surface area contributed by atoms with Crippen LogP contribution in [0, 0.1) is 0 Å². The monoisotopic (exact) mass is 323 g/mol. The predicted molar refractivity (Wildman–Crippen MR) is 95.1 cm³/mol. The van der Waals surface area contributed by atoms with Crippen molar-refractivity contribution in [2.24, 2.45) is 0 Å². The molecule has 0 unspecified atom stereocenters. The number of nitrogens with zero attached hydrogens (tertiary/aromatic N) is 1. The van der Waals surface area contributed by atoms with Crippen molar-refractivity contribution in [3.63, 3.8) is 0 Å². The molecule has 1 heterocycles. The summed E-state index contributed by atoms with van der Waals surface area (Å²) in [5.74, 6) is 0. The number of fused-ring (bicyclic) bond motifs is 1. The van der Waals surface area contributed by atoms with Gasteiger partial charge in [-0.2, -0.15) is 0 Å². The summed E-state index contributed by atoms with van der Waals surface area (Å²) in [6, 6.07) is 6.23. The van der Waals surface area contributed by atoms with Gasteiger partial charge in [0.1, 0.15) is 0 Å². The standard InChI is InChI=1S/C17H22ClNOS/c1-5-11(3)19(12(4)6-2)15-10-21-16-8-7-13(18)9-14(16)17(15)20/h7-12H,5-6H2,1-4H3/t11-,12-/m1/s1. The maximum Gasteiger partial charge on any atom is 0.211 e. The number of benzene rings is 1. The minimum atomic E-state index is 0.0897. The summed E-state index contributed by atoms with van der Waals surface area (Å²) in [7, 11) is 0. The van der Waals surface area contributed by atoms with Crippen molar-refractivity contribution < 1.29 is 0 Å². The van der Waals surface area contributed by atoms with E-state index in [-0.39, 0.29) is 5.43 Å². The minimum absolute atomic E-state index is 0.0897. The van der Waals surface area contributed by atoms with E-state index in [0.717, 1.165) is 28.6 Å². The van der Waals surface area contributed by atoms with E-state index < -0.39 is 0 Å². The van der Waals surface area contributed by atoms with E-state index in [1.807, 2.05) is 17.5 Å². The molecule has 0 aliphatic heterocycles. The molecule has 0 radical (unpaired) electrons. The molecule has 0 aliphatic carbocycles. The zero-order valence-electron chi connectivity index (χ0n) is 13.0. The van der Waals surface area contributed by atoms with Crippen molar-refractivity contribution in [3.8, 4) is 0 Å². The normalized spacial score (nSPS) is 14.1. The van der Waals surface area contributed by atoms with E-state index in [1.165, 1.54) is 0 Å². The first-order valence-corrected chi connectivity index (χ1v) is 8.74. The molecule has 0 bridgehead atoms. The lowest BCUT2D eigenvalue weighted by atomic mass is 10.1. The van der Waals surface area contributed by atoms with E-state index >= 15 is 0 Å². The lowest BCUT2D eigenvalue weighted by molar-refractivity contribution is 0.527. The number of halogens is 1. The highest BCUT2D eigenvalue weighted by Gasteiger charge is 2.21. The van der Waals surface area contributed by atoms with Crippen LogP contribution in [0.4, 0.5) is 5.69 Å². The molecule has 4 heteroatoms. The van der Waals surface area contributed by atoms with Gasteiger partial charge in [-0.1, -0.05) is 25.4 Å². The molecule has 0 saturated heterocycles. The summed E-state index contributed by atoms with van der Waals surface area (Å²) in [5.41, 5.74) is 0.894. The third-order valence-electron chi connectivity index (χ3n) is 4.13. The van der Waals surface area contributed by atoms with Crippen molar-refractivity contribution >= 4 is 38.7 Å². The Morgan fingerprint density at radius 1 is 1.19 bits per heavy atom. The third kappa shape index (κ3) is 3.24. The first kappa shape index (κ1) is 16.3. The van der Waals surface area contributed by atoms with Crippen LogP contribution in [0.1, 0.15) is 40.5 Å². The Bertz CT molecular complexity index is 672. The molecule has 0 amide bonds. The second-order valence-corrected chi connectivity index (χ2v) is 6.86. The lowest BCUT2D eigenvalue weighted by Gasteiger charge is -2.35. The van der Waals surface area contributed by atoms with Crippen molar-refractivity contribution in [1.82, 2.24) is 0 Å². The van der Waals surface area contributed by atoms with E-state index in [4.69, 9.17) is 11.6 Å². The Morgan fingerprint density at radius 2 is 1.81 bits per heavy atom. The SMILES string of the molecule is CC[C@@H](C)N(c1csc2ccc(Cl)cc2c1=O)[C@H](C)CC. The average Bonchev–Trinajstić information content (AvgIpc) is 2.49. The molecular formula is C17H22ClNOS. The molecule has 114 valence electrons. The molecule has 1 aromatic carbocycles. The Labute approximate surface area is 135 Å².